The predicted molar refractivity (Wildman–Crippen MR) is 79.7 cm³/mol. The molecule has 0 fully saturated rings. The van der Waals surface area contributed by atoms with Crippen molar-refractivity contribution >= 4 is 32.5 Å². The molecule has 0 aliphatic rings. The second-order valence-electron chi connectivity index (χ2n) is 4.46. The number of hydrogen-bond donors (Lipinski definition) is 2. The number of H-pyrrole nitrogens is 1. The van der Waals surface area contributed by atoms with E-state index in [4.69, 9.17) is 0 Å². The topological polar surface area (TPSA) is 27.8 Å². The van der Waals surface area contributed by atoms with Crippen molar-refractivity contribution in [2.75, 3.05) is 5.32 Å². The summed E-state index contributed by atoms with van der Waals surface area (Å²) in [5.74, 6) is -1.22. The normalized spacial score (nSPS) is 10.9. The Hall–Kier alpha value is -1.88. The summed E-state index contributed by atoms with van der Waals surface area (Å²) >= 11 is 3.05. The molecule has 0 radical (unpaired) electrons. The number of nitrogens with one attached hydrogen (secondary N) is 2. The quantitative estimate of drug-likeness (QED) is 0.659. The Morgan fingerprint density at radius 1 is 1.10 bits per heavy atom. The van der Waals surface area contributed by atoms with Gasteiger partial charge in [0, 0.05) is 29.7 Å². The third-order valence-corrected chi connectivity index (χ3v) is 3.76. The van der Waals surface area contributed by atoms with Crippen molar-refractivity contribution in [3.8, 4) is 0 Å². The molecule has 0 unspecified atom stereocenters. The molecule has 0 bridgehead atoms. The zero-order chi connectivity index (χ0) is 14.1. The summed E-state index contributed by atoms with van der Waals surface area (Å²) in [4.78, 5) is 3.16. The van der Waals surface area contributed by atoms with Crippen LogP contribution in [0.3, 0.4) is 0 Å². The molecule has 0 saturated carbocycles. The molecule has 0 aliphatic carbocycles. The highest BCUT2D eigenvalue weighted by Crippen LogP contribution is 2.25. The Labute approximate surface area is 122 Å². The third-order valence-electron chi connectivity index (χ3n) is 3.15. The van der Waals surface area contributed by atoms with Crippen LogP contribution < -0.4 is 5.32 Å². The lowest BCUT2D eigenvalue weighted by Gasteiger charge is -2.08. The number of rotatable bonds is 3. The first-order valence-corrected chi connectivity index (χ1v) is 6.88. The van der Waals surface area contributed by atoms with Gasteiger partial charge in [0.15, 0.2) is 0 Å². The zero-order valence-electron chi connectivity index (χ0n) is 10.4. The van der Waals surface area contributed by atoms with Crippen LogP contribution >= 0.6 is 15.9 Å². The molecule has 3 rings (SSSR count). The molecule has 2 N–H and O–H groups in total. The lowest BCUT2D eigenvalue weighted by molar-refractivity contribution is 0.580. The Morgan fingerprint density at radius 3 is 2.75 bits per heavy atom. The van der Waals surface area contributed by atoms with Crippen molar-refractivity contribution in [2.24, 2.45) is 0 Å². The van der Waals surface area contributed by atoms with E-state index in [-0.39, 0.29) is 10.2 Å². The minimum atomic E-state index is -0.611. The number of para-hydroxylation sites is 1. The predicted octanol–water partition coefficient (Wildman–Crippen LogP) is 4.82. The lowest BCUT2D eigenvalue weighted by atomic mass is 10.2. The minimum absolute atomic E-state index is 0.236. The Morgan fingerprint density at radius 2 is 1.90 bits per heavy atom. The molecular weight excluding hydrogens is 326 g/mol. The van der Waals surface area contributed by atoms with Crippen LogP contribution in [0.1, 0.15) is 5.56 Å². The summed E-state index contributed by atoms with van der Waals surface area (Å²) in [5.41, 5.74) is 2.33. The van der Waals surface area contributed by atoms with E-state index in [9.17, 15) is 8.78 Å². The monoisotopic (exact) mass is 336 g/mol. The molecule has 2 aromatic carbocycles. The molecule has 3 aromatic rings. The summed E-state index contributed by atoms with van der Waals surface area (Å²) < 4.78 is 27.0. The van der Waals surface area contributed by atoms with Crippen LogP contribution in [-0.4, -0.2) is 4.98 Å². The van der Waals surface area contributed by atoms with Gasteiger partial charge in [-0.3, -0.25) is 0 Å². The number of benzene rings is 2. The largest absolute Gasteiger partial charge is 0.378 e. The number of anilines is 1. The van der Waals surface area contributed by atoms with Crippen LogP contribution in [0.5, 0.6) is 0 Å². The fraction of sp³-hybridized carbons (Fsp3) is 0.0667. The van der Waals surface area contributed by atoms with Crippen molar-refractivity contribution in [2.45, 2.75) is 6.54 Å². The molecule has 1 aromatic heterocycles. The first kappa shape index (κ1) is 13.1. The molecule has 0 atom stereocenters. The Balaban J connectivity index is 1.85. The molecule has 0 amide bonds. The van der Waals surface area contributed by atoms with Crippen LogP contribution in [0.25, 0.3) is 10.9 Å². The maximum absolute atomic E-state index is 13.6. The van der Waals surface area contributed by atoms with Gasteiger partial charge in [0.1, 0.15) is 11.6 Å². The van der Waals surface area contributed by atoms with Crippen LogP contribution in [0.15, 0.2) is 47.1 Å². The van der Waals surface area contributed by atoms with Gasteiger partial charge >= 0.3 is 0 Å². The van der Waals surface area contributed by atoms with Gasteiger partial charge in [-0.25, -0.2) is 8.78 Å². The van der Waals surface area contributed by atoms with Crippen molar-refractivity contribution in [1.82, 2.24) is 4.98 Å². The van der Waals surface area contributed by atoms with Crippen molar-refractivity contribution in [3.63, 3.8) is 0 Å². The van der Waals surface area contributed by atoms with Gasteiger partial charge in [0.25, 0.3) is 0 Å². The van der Waals surface area contributed by atoms with Gasteiger partial charge in [0.05, 0.1) is 10.2 Å². The van der Waals surface area contributed by atoms with Crippen molar-refractivity contribution < 1.29 is 8.78 Å². The van der Waals surface area contributed by atoms with Crippen LogP contribution in [0.4, 0.5) is 14.5 Å². The molecule has 0 spiro atoms. The number of fused-ring (bicyclic) bond motifs is 1. The van der Waals surface area contributed by atoms with E-state index < -0.39 is 11.6 Å². The maximum Gasteiger partial charge on any atom is 0.149 e. The molecule has 0 saturated heterocycles. The summed E-state index contributed by atoms with van der Waals surface area (Å²) in [5, 5.41) is 4.07. The smallest absolute Gasteiger partial charge is 0.149 e. The summed E-state index contributed by atoms with van der Waals surface area (Å²) in [6.07, 6.45) is 1.88. The van der Waals surface area contributed by atoms with E-state index in [1.54, 1.807) is 0 Å². The highest BCUT2D eigenvalue weighted by atomic mass is 79.9. The minimum Gasteiger partial charge on any atom is -0.378 e. The average Bonchev–Trinajstić information content (AvgIpc) is 2.85. The highest BCUT2D eigenvalue weighted by Gasteiger charge is 2.09. The Kier molecular flexibility index (Phi) is 3.44. The van der Waals surface area contributed by atoms with Gasteiger partial charge in [-0.1, -0.05) is 18.2 Å². The number of halogens is 3. The van der Waals surface area contributed by atoms with E-state index in [1.807, 2.05) is 30.5 Å². The summed E-state index contributed by atoms with van der Waals surface area (Å²) in [6.45, 7) is 0.457. The van der Waals surface area contributed by atoms with Gasteiger partial charge in [-0.05, 0) is 33.6 Å². The van der Waals surface area contributed by atoms with E-state index in [0.717, 1.165) is 22.5 Å². The molecule has 20 heavy (non-hydrogen) atoms. The molecule has 1 heterocycles. The molecule has 0 aliphatic heterocycles. The number of aromatic amines is 1. The van der Waals surface area contributed by atoms with Gasteiger partial charge in [-0.15, -0.1) is 0 Å². The molecular formula is C15H11BrF2N2. The van der Waals surface area contributed by atoms with E-state index in [0.29, 0.717) is 6.54 Å². The number of hydrogen-bond acceptors (Lipinski definition) is 1. The third kappa shape index (κ3) is 2.41. The standard InChI is InChI=1S/C15H11BrF2N2/c16-11-5-15(13(18)6-12(11)17)20-8-9-7-19-14-4-2-1-3-10(9)14/h1-7,19-20H,8H2. The second kappa shape index (κ2) is 5.25. The fourth-order valence-corrected chi connectivity index (χ4v) is 2.47. The summed E-state index contributed by atoms with van der Waals surface area (Å²) in [6, 6.07) is 10.1. The Bertz CT molecular complexity index is 768. The maximum atomic E-state index is 13.6. The van der Waals surface area contributed by atoms with E-state index in [2.05, 4.69) is 26.2 Å². The van der Waals surface area contributed by atoms with E-state index in [1.165, 1.54) is 6.07 Å². The zero-order valence-corrected chi connectivity index (χ0v) is 12.0. The van der Waals surface area contributed by atoms with Gasteiger partial charge < -0.3 is 10.3 Å². The first-order valence-electron chi connectivity index (χ1n) is 6.08. The van der Waals surface area contributed by atoms with Gasteiger partial charge in [0.2, 0.25) is 0 Å². The van der Waals surface area contributed by atoms with E-state index >= 15 is 0 Å². The van der Waals surface area contributed by atoms with Crippen molar-refractivity contribution in [1.29, 1.82) is 0 Å². The molecule has 2 nitrogen and oxygen atoms in total. The highest BCUT2D eigenvalue weighted by molar-refractivity contribution is 9.10. The lowest BCUT2D eigenvalue weighted by Crippen LogP contribution is -2.01. The van der Waals surface area contributed by atoms with Crippen LogP contribution in [0.2, 0.25) is 0 Å². The first-order chi connectivity index (χ1) is 9.65. The fourth-order valence-electron chi connectivity index (χ4n) is 2.13. The SMILES string of the molecule is Fc1cc(F)c(NCc2c[nH]c3ccccc23)cc1Br. The van der Waals surface area contributed by atoms with Crippen LogP contribution in [0, 0.1) is 11.6 Å². The molecule has 102 valence electrons. The van der Waals surface area contributed by atoms with Crippen LogP contribution in [-0.2, 0) is 6.54 Å². The summed E-state index contributed by atoms with van der Waals surface area (Å²) in [7, 11) is 0. The van der Waals surface area contributed by atoms with Gasteiger partial charge in [-0.2, -0.15) is 0 Å². The molecule has 5 heteroatoms. The number of aromatic nitrogens is 1. The average molecular weight is 337 g/mol. The van der Waals surface area contributed by atoms with Crippen molar-refractivity contribution in [3.05, 3.63) is 64.3 Å². The second-order valence-corrected chi connectivity index (χ2v) is 5.31.